The first-order valence-electron chi connectivity index (χ1n) is 8.97. The molecule has 0 aromatic carbocycles. The van der Waals surface area contributed by atoms with Crippen LogP contribution < -0.4 is 0 Å². The quantitative estimate of drug-likeness (QED) is 0.557. The Morgan fingerprint density at radius 2 is 1.78 bits per heavy atom. The van der Waals surface area contributed by atoms with Gasteiger partial charge < -0.3 is 9.80 Å². The molecular formula is C20H32N2Si. The lowest BCUT2D eigenvalue weighted by molar-refractivity contribution is 0.168. The average Bonchev–Trinajstić information content (AvgIpc) is 2.48. The molecule has 0 unspecified atom stereocenters. The van der Waals surface area contributed by atoms with E-state index in [1.54, 1.807) is 0 Å². The number of hydrogen-bond acceptors (Lipinski definition) is 2. The third-order valence-electron chi connectivity index (χ3n) is 4.36. The van der Waals surface area contributed by atoms with E-state index in [0.717, 1.165) is 32.5 Å². The van der Waals surface area contributed by atoms with Gasteiger partial charge in [0.05, 0.1) is 0 Å². The van der Waals surface area contributed by atoms with Crippen molar-refractivity contribution in [1.82, 2.24) is 9.80 Å². The van der Waals surface area contributed by atoms with Gasteiger partial charge in [-0.15, -0.1) is 5.54 Å². The summed E-state index contributed by atoms with van der Waals surface area (Å²) in [6, 6.07) is 0. The molecule has 1 fully saturated rings. The normalized spacial score (nSPS) is 27.3. The molecule has 0 spiro atoms. The highest BCUT2D eigenvalue weighted by Gasteiger charge is 2.17. The van der Waals surface area contributed by atoms with Crippen LogP contribution in [0.5, 0.6) is 0 Å². The van der Waals surface area contributed by atoms with Crippen LogP contribution in [-0.2, 0) is 0 Å². The van der Waals surface area contributed by atoms with Gasteiger partial charge in [0.2, 0.25) is 0 Å². The molecule has 1 saturated heterocycles. The van der Waals surface area contributed by atoms with Gasteiger partial charge >= 0.3 is 0 Å². The lowest BCUT2D eigenvalue weighted by Crippen LogP contribution is -2.45. The van der Waals surface area contributed by atoms with Crippen LogP contribution in [0.4, 0.5) is 0 Å². The second kappa shape index (κ2) is 8.03. The molecule has 0 atom stereocenters. The van der Waals surface area contributed by atoms with E-state index in [1.165, 1.54) is 29.9 Å². The number of nitrogens with zero attached hydrogens (tertiary/aromatic N) is 2. The summed E-state index contributed by atoms with van der Waals surface area (Å²) < 4.78 is 0. The molecule has 0 radical (unpaired) electrons. The van der Waals surface area contributed by atoms with Gasteiger partial charge in [0.25, 0.3) is 0 Å². The van der Waals surface area contributed by atoms with Gasteiger partial charge in [-0.2, -0.15) is 0 Å². The van der Waals surface area contributed by atoms with Crippen molar-refractivity contribution in [3.8, 4) is 11.5 Å². The van der Waals surface area contributed by atoms with Crippen molar-refractivity contribution in [3.63, 3.8) is 0 Å². The molecule has 1 heterocycles. The Morgan fingerprint density at radius 1 is 1.09 bits per heavy atom. The predicted molar refractivity (Wildman–Crippen MR) is 104 cm³/mol. The van der Waals surface area contributed by atoms with Crippen LogP contribution in [0.25, 0.3) is 0 Å². The minimum Gasteiger partial charge on any atom is -0.369 e. The third kappa shape index (κ3) is 6.05. The molecule has 2 aliphatic rings. The van der Waals surface area contributed by atoms with Crippen molar-refractivity contribution in [2.24, 2.45) is 0 Å². The maximum absolute atomic E-state index is 3.52. The van der Waals surface area contributed by atoms with Gasteiger partial charge in [-0.3, -0.25) is 0 Å². The number of rotatable bonds is 2. The molecule has 0 saturated carbocycles. The van der Waals surface area contributed by atoms with E-state index < -0.39 is 8.07 Å². The van der Waals surface area contributed by atoms with Gasteiger partial charge in [0.1, 0.15) is 8.07 Å². The van der Waals surface area contributed by atoms with Gasteiger partial charge in [0, 0.05) is 37.4 Å². The highest BCUT2D eigenvalue weighted by molar-refractivity contribution is 6.83. The van der Waals surface area contributed by atoms with E-state index in [2.05, 4.69) is 73.0 Å². The van der Waals surface area contributed by atoms with E-state index in [1.807, 2.05) is 0 Å². The first-order chi connectivity index (χ1) is 10.9. The molecule has 1 aliphatic heterocycles. The maximum Gasteiger partial charge on any atom is 0.129 e. The van der Waals surface area contributed by atoms with Crippen molar-refractivity contribution >= 4 is 8.07 Å². The molecule has 2 nitrogen and oxygen atoms in total. The van der Waals surface area contributed by atoms with Crippen molar-refractivity contribution in [3.05, 3.63) is 35.1 Å². The molecular weight excluding hydrogens is 296 g/mol. The third-order valence-corrected chi connectivity index (χ3v) is 5.24. The zero-order chi connectivity index (χ0) is 16.9. The monoisotopic (exact) mass is 328 g/mol. The number of likely N-dealkylation sites (N-methyl/N-ethyl adjacent to an activating group) is 1. The van der Waals surface area contributed by atoms with Crippen LogP contribution in [0.1, 0.15) is 26.7 Å². The smallest absolute Gasteiger partial charge is 0.129 e. The molecule has 0 aromatic heterocycles. The van der Waals surface area contributed by atoms with Crippen LogP contribution in [0, 0.1) is 11.5 Å². The molecule has 23 heavy (non-hydrogen) atoms. The van der Waals surface area contributed by atoms with Crippen molar-refractivity contribution in [2.75, 3.05) is 32.7 Å². The second-order valence-corrected chi connectivity index (χ2v) is 12.4. The van der Waals surface area contributed by atoms with Crippen molar-refractivity contribution in [1.29, 1.82) is 0 Å². The van der Waals surface area contributed by atoms with Crippen molar-refractivity contribution in [2.45, 2.75) is 46.3 Å². The molecule has 3 heteroatoms. The molecule has 0 aromatic rings. The Kier molecular flexibility index (Phi) is 6.32. The fourth-order valence-corrected chi connectivity index (χ4v) is 3.44. The summed E-state index contributed by atoms with van der Waals surface area (Å²) in [6.07, 6.45) is 9.30. The Balaban J connectivity index is 2.21. The van der Waals surface area contributed by atoms with E-state index in [-0.39, 0.29) is 0 Å². The summed E-state index contributed by atoms with van der Waals surface area (Å²) >= 11 is 0. The Hall–Kier alpha value is -1.24. The average molecular weight is 329 g/mol. The maximum atomic E-state index is 3.52. The molecule has 0 amide bonds. The Morgan fingerprint density at radius 3 is 2.39 bits per heavy atom. The first kappa shape index (κ1) is 18.1. The fraction of sp³-hybridized carbons (Fsp3) is 0.600. The van der Waals surface area contributed by atoms with Gasteiger partial charge in [-0.05, 0) is 38.5 Å². The van der Waals surface area contributed by atoms with Crippen molar-refractivity contribution < 1.29 is 0 Å². The Bertz CT molecular complexity index is 559. The van der Waals surface area contributed by atoms with Gasteiger partial charge in [-0.25, -0.2) is 0 Å². The minimum atomic E-state index is -1.34. The van der Waals surface area contributed by atoms with E-state index in [4.69, 9.17) is 0 Å². The summed E-state index contributed by atoms with van der Waals surface area (Å²) in [5, 5.41) is 0. The number of piperazine rings is 1. The zero-order valence-corrected chi connectivity index (χ0v) is 16.6. The minimum absolute atomic E-state index is 1.13. The lowest BCUT2D eigenvalue weighted by Gasteiger charge is -2.36. The molecule has 2 rings (SSSR count). The predicted octanol–water partition coefficient (Wildman–Crippen LogP) is 4.06. The highest BCUT2D eigenvalue weighted by Crippen LogP contribution is 2.20. The van der Waals surface area contributed by atoms with Crippen LogP contribution >= 0.6 is 0 Å². The summed E-state index contributed by atoms with van der Waals surface area (Å²) in [5.74, 6) is 3.47. The highest BCUT2D eigenvalue weighted by atomic mass is 28.3. The first-order valence-corrected chi connectivity index (χ1v) is 12.5. The van der Waals surface area contributed by atoms with E-state index in [9.17, 15) is 0 Å². The van der Waals surface area contributed by atoms with Gasteiger partial charge in [-0.1, -0.05) is 44.1 Å². The summed E-state index contributed by atoms with van der Waals surface area (Å²) in [6.45, 7) is 17.2. The standard InChI is InChI=1S/C20H32N2Si/c1-6-21-11-13-22(14-12-21)20-9-7-8-18(2)16-19(17-20)10-15-23(3,4)5/h9,16-17H,6-8,11-14H2,1-5H3/b18-16+,19-17-,20-9+. The van der Waals surface area contributed by atoms with E-state index in [0.29, 0.717) is 0 Å². The Labute approximate surface area is 143 Å². The van der Waals surface area contributed by atoms with Crippen LogP contribution in [0.15, 0.2) is 35.1 Å². The fourth-order valence-electron chi connectivity index (χ4n) is 2.92. The van der Waals surface area contributed by atoms with Gasteiger partial charge in [0.15, 0.2) is 0 Å². The summed E-state index contributed by atoms with van der Waals surface area (Å²) in [5.41, 5.74) is 7.53. The van der Waals surface area contributed by atoms with E-state index >= 15 is 0 Å². The largest absolute Gasteiger partial charge is 0.369 e. The summed E-state index contributed by atoms with van der Waals surface area (Å²) in [4.78, 5) is 5.07. The summed E-state index contributed by atoms with van der Waals surface area (Å²) in [7, 11) is -1.34. The molecule has 126 valence electrons. The molecule has 1 aliphatic carbocycles. The zero-order valence-electron chi connectivity index (χ0n) is 15.6. The molecule has 0 N–H and O–H groups in total. The van der Waals surface area contributed by atoms with Crippen LogP contribution in [0.2, 0.25) is 19.6 Å². The molecule has 0 bridgehead atoms. The number of hydrogen-bond donors (Lipinski definition) is 0. The number of allylic oxidation sites excluding steroid dienone is 5. The second-order valence-electron chi connectivity index (χ2n) is 7.68. The van der Waals surface area contributed by atoms with Crippen LogP contribution in [-0.4, -0.2) is 50.6 Å². The topological polar surface area (TPSA) is 6.48 Å². The lowest BCUT2D eigenvalue weighted by atomic mass is 10.0. The van der Waals surface area contributed by atoms with Crippen LogP contribution in [0.3, 0.4) is 0 Å². The SMILES string of the molecule is CCN1CCN(C2=C/CC/C(C)=C/C(C#C[Si](C)(C)C)=C\2)CC1.